The first-order valence-corrected chi connectivity index (χ1v) is 6.50. The molecule has 0 atom stereocenters. The second kappa shape index (κ2) is 5.36. The molecule has 1 aromatic carbocycles. The lowest BCUT2D eigenvalue weighted by Gasteiger charge is -2.07. The summed E-state index contributed by atoms with van der Waals surface area (Å²) in [6.07, 6.45) is 2.06. The Hall–Kier alpha value is -1.29. The summed E-state index contributed by atoms with van der Waals surface area (Å²) in [6, 6.07) is 8.28. The molecule has 0 saturated heterocycles. The number of halogens is 1. The highest BCUT2D eigenvalue weighted by Gasteiger charge is 2.03. The van der Waals surface area contributed by atoms with Crippen molar-refractivity contribution in [2.24, 2.45) is 0 Å². The van der Waals surface area contributed by atoms with Crippen LogP contribution >= 0.6 is 15.9 Å². The van der Waals surface area contributed by atoms with E-state index in [0.29, 0.717) is 0 Å². The Morgan fingerprint density at radius 3 is 2.94 bits per heavy atom. The van der Waals surface area contributed by atoms with Gasteiger partial charge in [-0.15, -0.1) is 0 Å². The van der Waals surface area contributed by atoms with E-state index in [1.807, 2.05) is 19.1 Å². The van der Waals surface area contributed by atoms with Gasteiger partial charge in [-0.3, -0.25) is 0 Å². The highest BCUT2D eigenvalue weighted by molar-refractivity contribution is 9.10. The van der Waals surface area contributed by atoms with E-state index in [0.717, 1.165) is 29.2 Å². The van der Waals surface area contributed by atoms with E-state index < -0.39 is 0 Å². The Balaban J connectivity index is 2.06. The van der Waals surface area contributed by atoms with Crippen LogP contribution in [0.15, 0.2) is 34.9 Å². The van der Waals surface area contributed by atoms with Crippen LogP contribution < -0.4 is 5.32 Å². The number of nitrogens with one attached hydrogen (secondary N) is 1. The first-order chi connectivity index (χ1) is 8.19. The van der Waals surface area contributed by atoms with E-state index in [1.165, 1.54) is 5.56 Å². The third kappa shape index (κ3) is 3.09. The standard InChI is InChI=1S/C13H16BrN3/c1-3-17-9-10(2)16-13(17)15-8-11-5-4-6-12(14)7-11/h4-7,9H,3,8H2,1-2H3,(H,15,16). The molecule has 3 nitrogen and oxygen atoms in total. The zero-order valence-corrected chi connectivity index (χ0v) is 11.7. The predicted octanol–water partition coefficient (Wildman–Crippen LogP) is 3.59. The highest BCUT2D eigenvalue weighted by Crippen LogP contribution is 2.14. The molecule has 0 bridgehead atoms. The number of imidazole rings is 1. The van der Waals surface area contributed by atoms with Gasteiger partial charge in [0.1, 0.15) is 0 Å². The lowest BCUT2D eigenvalue weighted by Crippen LogP contribution is -2.06. The maximum Gasteiger partial charge on any atom is 0.203 e. The number of hydrogen-bond acceptors (Lipinski definition) is 2. The molecule has 0 radical (unpaired) electrons. The van der Waals surface area contributed by atoms with E-state index in [1.54, 1.807) is 0 Å². The number of nitrogens with zero attached hydrogens (tertiary/aromatic N) is 2. The van der Waals surface area contributed by atoms with Gasteiger partial charge in [0, 0.05) is 23.8 Å². The molecule has 0 amide bonds. The van der Waals surface area contributed by atoms with Crippen LogP contribution in [0.4, 0.5) is 5.95 Å². The van der Waals surface area contributed by atoms with E-state index in [-0.39, 0.29) is 0 Å². The van der Waals surface area contributed by atoms with Gasteiger partial charge in [0.15, 0.2) is 0 Å². The van der Waals surface area contributed by atoms with Crippen molar-refractivity contribution in [2.75, 3.05) is 5.32 Å². The summed E-state index contributed by atoms with van der Waals surface area (Å²) in [6.45, 7) is 5.85. The Morgan fingerprint density at radius 2 is 2.24 bits per heavy atom. The molecule has 0 saturated carbocycles. The van der Waals surface area contributed by atoms with Crippen LogP contribution in [0.2, 0.25) is 0 Å². The van der Waals surface area contributed by atoms with Gasteiger partial charge in [-0.25, -0.2) is 4.98 Å². The van der Waals surface area contributed by atoms with Gasteiger partial charge in [-0.05, 0) is 31.5 Å². The monoisotopic (exact) mass is 293 g/mol. The Labute approximate surface area is 110 Å². The fourth-order valence-corrected chi connectivity index (χ4v) is 2.20. The predicted molar refractivity (Wildman–Crippen MR) is 74.1 cm³/mol. The Bertz CT molecular complexity index is 505. The minimum atomic E-state index is 0.788. The third-order valence-corrected chi connectivity index (χ3v) is 3.07. The van der Waals surface area contributed by atoms with Crippen molar-refractivity contribution in [2.45, 2.75) is 26.9 Å². The SMILES string of the molecule is CCn1cc(C)nc1NCc1cccc(Br)c1. The third-order valence-electron chi connectivity index (χ3n) is 2.58. The quantitative estimate of drug-likeness (QED) is 0.934. The summed E-state index contributed by atoms with van der Waals surface area (Å²) in [5.41, 5.74) is 2.28. The minimum Gasteiger partial charge on any atom is -0.352 e. The smallest absolute Gasteiger partial charge is 0.203 e. The Morgan fingerprint density at radius 1 is 1.41 bits per heavy atom. The van der Waals surface area contributed by atoms with Crippen molar-refractivity contribution in [1.29, 1.82) is 0 Å². The van der Waals surface area contributed by atoms with Gasteiger partial charge in [-0.1, -0.05) is 28.1 Å². The molecule has 1 aromatic heterocycles. The minimum absolute atomic E-state index is 0.788. The van der Waals surface area contributed by atoms with Crippen LogP contribution in [0.25, 0.3) is 0 Å². The molecule has 0 aliphatic rings. The number of benzene rings is 1. The topological polar surface area (TPSA) is 29.9 Å². The molecule has 4 heteroatoms. The van der Waals surface area contributed by atoms with Gasteiger partial charge in [0.2, 0.25) is 5.95 Å². The molecular weight excluding hydrogens is 278 g/mol. The molecule has 2 aromatic rings. The largest absolute Gasteiger partial charge is 0.352 e. The first-order valence-electron chi connectivity index (χ1n) is 5.71. The molecule has 0 spiro atoms. The lowest BCUT2D eigenvalue weighted by molar-refractivity contribution is 0.762. The summed E-state index contributed by atoms with van der Waals surface area (Å²) >= 11 is 3.47. The average molecular weight is 294 g/mol. The molecule has 90 valence electrons. The number of aryl methyl sites for hydroxylation is 2. The van der Waals surface area contributed by atoms with E-state index in [2.05, 4.69) is 56.1 Å². The summed E-state index contributed by atoms with van der Waals surface area (Å²) < 4.78 is 3.22. The molecule has 0 aliphatic heterocycles. The first kappa shape index (κ1) is 12.2. The molecule has 0 unspecified atom stereocenters. The Kier molecular flexibility index (Phi) is 3.84. The molecule has 0 fully saturated rings. The van der Waals surface area contributed by atoms with Gasteiger partial charge >= 0.3 is 0 Å². The maximum absolute atomic E-state index is 4.46. The fourth-order valence-electron chi connectivity index (χ4n) is 1.76. The lowest BCUT2D eigenvalue weighted by atomic mass is 10.2. The van der Waals surface area contributed by atoms with Gasteiger partial charge < -0.3 is 9.88 Å². The van der Waals surface area contributed by atoms with E-state index >= 15 is 0 Å². The molecular formula is C13H16BrN3. The summed E-state index contributed by atoms with van der Waals surface area (Å²) in [7, 11) is 0. The van der Waals surface area contributed by atoms with E-state index in [9.17, 15) is 0 Å². The normalized spacial score (nSPS) is 10.5. The van der Waals surface area contributed by atoms with Crippen LogP contribution in [0.3, 0.4) is 0 Å². The van der Waals surface area contributed by atoms with E-state index in [4.69, 9.17) is 0 Å². The number of anilines is 1. The molecule has 1 N–H and O–H groups in total. The zero-order chi connectivity index (χ0) is 12.3. The molecule has 1 heterocycles. The highest BCUT2D eigenvalue weighted by atomic mass is 79.9. The van der Waals surface area contributed by atoms with Gasteiger partial charge in [0.25, 0.3) is 0 Å². The second-order valence-corrected chi connectivity index (χ2v) is 4.89. The second-order valence-electron chi connectivity index (χ2n) is 3.98. The molecule has 17 heavy (non-hydrogen) atoms. The van der Waals surface area contributed by atoms with Crippen molar-refractivity contribution >= 4 is 21.9 Å². The molecule has 0 aliphatic carbocycles. The summed E-state index contributed by atoms with van der Waals surface area (Å²) in [4.78, 5) is 4.46. The van der Waals surface area contributed by atoms with Gasteiger partial charge in [-0.2, -0.15) is 0 Å². The number of hydrogen-bond donors (Lipinski definition) is 1. The zero-order valence-electron chi connectivity index (χ0n) is 10.1. The van der Waals surface area contributed by atoms with Crippen LogP contribution in [0.1, 0.15) is 18.2 Å². The molecule has 2 rings (SSSR count). The van der Waals surface area contributed by atoms with Crippen molar-refractivity contribution in [3.8, 4) is 0 Å². The van der Waals surface area contributed by atoms with Crippen molar-refractivity contribution in [1.82, 2.24) is 9.55 Å². The van der Waals surface area contributed by atoms with Crippen molar-refractivity contribution < 1.29 is 0 Å². The van der Waals surface area contributed by atoms with Crippen molar-refractivity contribution in [3.63, 3.8) is 0 Å². The van der Waals surface area contributed by atoms with Crippen LogP contribution in [-0.2, 0) is 13.1 Å². The summed E-state index contributed by atoms with van der Waals surface area (Å²) in [5, 5.41) is 3.36. The van der Waals surface area contributed by atoms with Crippen molar-refractivity contribution in [3.05, 3.63) is 46.2 Å². The number of rotatable bonds is 4. The average Bonchev–Trinajstić information content (AvgIpc) is 2.67. The number of aromatic nitrogens is 2. The van der Waals surface area contributed by atoms with Crippen LogP contribution in [0, 0.1) is 6.92 Å². The van der Waals surface area contributed by atoms with Crippen LogP contribution in [0.5, 0.6) is 0 Å². The maximum atomic E-state index is 4.46. The van der Waals surface area contributed by atoms with Crippen LogP contribution in [-0.4, -0.2) is 9.55 Å². The summed E-state index contributed by atoms with van der Waals surface area (Å²) in [5.74, 6) is 0.935. The van der Waals surface area contributed by atoms with Gasteiger partial charge in [0.05, 0.1) is 5.69 Å². The fraction of sp³-hybridized carbons (Fsp3) is 0.308.